The van der Waals surface area contributed by atoms with Gasteiger partial charge in [0, 0.05) is 25.7 Å². The SMILES string of the molecule is CCC(C)CCCCCCCCCCCCC(=O)O[C@H](COC(=O)CCCCCCCCCCCCC(C)C)COP(=O)(O)OC[C@@H](O)COP(=O)(O)OC[C@@H](COC(=O)CCCCCCCCC(C)C)OC(=O)CCCCCCCCCCC(C)C. The van der Waals surface area contributed by atoms with Crippen LogP contribution in [0.15, 0.2) is 0 Å². The third-order valence-electron chi connectivity index (χ3n) is 15.9. The van der Waals surface area contributed by atoms with Crippen molar-refractivity contribution < 1.29 is 80.2 Å². The van der Waals surface area contributed by atoms with E-state index in [4.69, 9.17) is 37.0 Å². The number of aliphatic hydroxyl groups is 1. The molecule has 0 aliphatic rings. The Kier molecular flexibility index (Phi) is 56.6. The molecule has 0 aliphatic carbocycles. The van der Waals surface area contributed by atoms with Crippen LogP contribution < -0.4 is 0 Å². The minimum Gasteiger partial charge on any atom is -0.462 e. The van der Waals surface area contributed by atoms with Gasteiger partial charge < -0.3 is 33.8 Å². The van der Waals surface area contributed by atoms with Crippen LogP contribution in [0.25, 0.3) is 0 Å². The first-order chi connectivity index (χ1) is 41.6. The Balaban J connectivity index is 5.26. The van der Waals surface area contributed by atoms with Gasteiger partial charge in [-0.15, -0.1) is 0 Å². The molecule has 19 heteroatoms. The zero-order valence-electron chi connectivity index (χ0n) is 56.6. The molecule has 0 amide bonds. The lowest BCUT2D eigenvalue weighted by molar-refractivity contribution is -0.161. The standard InChI is InChI=1S/C68H132O17P2/c1-9-61(8)47-39-31-22-15-11-13-17-24-34-42-50-67(72)84-63(54-78-65(70)48-40-32-23-16-12-10-14-20-28-36-44-58(2)3)56-82-86(74,75)80-52-62(69)53-81-87(76,77)83-57-64(55-79-66(71)49-41-33-27-26-30-38-46-60(6)7)85-68(73)51-43-35-25-19-18-21-29-37-45-59(4)5/h58-64,69H,9-57H2,1-8H3,(H,74,75)(H,76,77)/t61?,62-,63-,64-/m1/s1. The third-order valence-corrected chi connectivity index (χ3v) is 17.8. The van der Waals surface area contributed by atoms with E-state index in [1.165, 1.54) is 128 Å². The third kappa shape index (κ3) is 61.3. The minimum absolute atomic E-state index is 0.103. The normalized spacial score (nSPS) is 14.6. The lowest BCUT2D eigenvalue weighted by Gasteiger charge is -2.21. The molecule has 516 valence electrons. The molecule has 3 N–H and O–H groups in total. The topological polar surface area (TPSA) is 237 Å². The quantitative estimate of drug-likeness (QED) is 0.0222. The number of ether oxygens (including phenoxy) is 4. The molecule has 0 radical (unpaired) electrons. The summed E-state index contributed by atoms with van der Waals surface area (Å²) in [5, 5.41) is 10.6. The van der Waals surface area contributed by atoms with Crippen LogP contribution >= 0.6 is 15.6 Å². The van der Waals surface area contributed by atoms with Gasteiger partial charge in [-0.2, -0.15) is 0 Å². The molecule has 0 aromatic rings. The molecule has 0 fully saturated rings. The van der Waals surface area contributed by atoms with E-state index in [9.17, 15) is 43.2 Å². The summed E-state index contributed by atoms with van der Waals surface area (Å²) < 4.78 is 68.2. The highest BCUT2D eigenvalue weighted by molar-refractivity contribution is 7.47. The van der Waals surface area contributed by atoms with E-state index in [1.54, 1.807) is 0 Å². The Hall–Kier alpha value is -1.94. The summed E-state index contributed by atoms with van der Waals surface area (Å²) in [5.41, 5.74) is 0. The summed E-state index contributed by atoms with van der Waals surface area (Å²) >= 11 is 0. The first kappa shape index (κ1) is 85.1. The van der Waals surface area contributed by atoms with Crippen molar-refractivity contribution in [3.63, 3.8) is 0 Å². The monoisotopic (exact) mass is 1280 g/mol. The predicted octanol–water partition coefficient (Wildman–Crippen LogP) is 18.9. The van der Waals surface area contributed by atoms with Crippen LogP contribution in [-0.2, 0) is 65.4 Å². The second kappa shape index (κ2) is 57.9. The minimum atomic E-state index is -4.95. The van der Waals surface area contributed by atoms with Crippen molar-refractivity contribution in [3.8, 4) is 0 Å². The molecular weight excluding hydrogens is 1150 g/mol. The van der Waals surface area contributed by atoms with E-state index in [0.717, 1.165) is 114 Å². The zero-order chi connectivity index (χ0) is 64.7. The molecule has 0 saturated heterocycles. The average molecular weight is 1280 g/mol. The van der Waals surface area contributed by atoms with Gasteiger partial charge in [0.05, 0.1) is 26.4 Å². The molecule has 0 aromatic carbocycles. The fourth-order valence-electron chi connectivity index (χ4n) is 10.1. The zero-order valence-corrected chi connectivity index (χ0v) is 58.4. The number of hydrogen-bond donors (Lipinski definition) is 3. The van der Waals surface area contributed by atoms with Crippen LogP contribution in [0.3, 0.4) is 0 Å². The van der Waals surface area contributed by atoms with E-state index in [2.05, 4.69) is 55.4 Å². The summed E-state index contributed by atoms with van der Waals surface area (Å²) in [5.74, 6) is 0.824. The Labute approximate surface area is 530 Å². The summed E-state index contributed by atoms with van der Waals surface area (Å²) in [4.78, 5) is 72.4. The van der Waals surface area contributed by atoms with Crippen LogP contribution in [-0.4, -0.2) is 96.7 Å². The molecular formula is C68H132O17P2. The molecule has 0 spiro atoms. The van der Waals surface area contributed by atoms with Gasteiger partial charge in [0.2, 0.25) is 0 Å². The van der Waals surface area contributed by atoms with Gasteiger partial charge in [0.1, 0.15) is 19.3 Å². The highest BCUT2D eigenvalue weighted by Gasteiger charge is 2.30. The fraction of sp³-hybridized carbons (Fsp3) is 0.941. The average Bonchev–Trinajstić information content (AvgIpc) is 3.69. The maximum Gasteiger partial charge on any atom is 0.472 e. The van der Waals surface area contributed by atoms with Crippen molar-refractivity contribution in [2.75, 3.05) is 39.6 Å². The van der Waals surface area contributed by atoms with Crippen molar-refractivity contribution in [2.45, 2.75) is 350 Å². The molecule has 0 aromatic heterocycles. The van der Waals surface area contributed by atoms with Gasteiger partial charge in [-0.3, -0.25) is 37.3 Å². The molecule has 87 heavy (non-hydrogen) atoms. The Bertz CT molecular complexity index is 1730. The predicted molar refractivity (Wildman–Crippen MR) is 349 cm³/mol. The number of esters is 4. The largest absolute Gasteiger partial charge is 0.472 e. The summed E-state index contributed by atoms with van der Waals surface area (Å²) in [6, 6.07) is 0. The molecule has 17 nitrogen and oxygen atoms in total. The Morgan fingerprint density at radius 1 is 0.322 bits per heavy atom. The molecule has 6 atom stereocenters. The summed E-state index contributed by atoms with van der Waals surface area (Å²) in [6.45, 7) is 14.0. The number of rotatable bonds is 65. The van der Waals surface area contributed by atoms with Gasteiger partial charge in [-0.05, 0) is 49.4 Å². The second-order valence-corrected chi connectivity index (χ2v) is 29.1. The molecule has 0 heterocycles. The van der Waals surface area contributed by atoms with Gasteiger partial charge in [0.15, 0.2) is 12.2 Å². The van der Waals surface area contributed by atoms with E-state index in [0.29, 0.717) is 31.6 Å². The highest BCUT2D eigenvalue weighted by Crippen LogP contribution is 2.45. The van der Waals surface area contributed by atoms with Crippen LogP contribution in [0.1, 0.15) is 331 Å². The number of carbonyl (C=O) groups is 4. The van der Waals surface area contributed by atoms with Crippen LogP contribution in [0.4, 0.5) is 0 Å². The molecule has 0 aliphatic heterocycles. The van der Waals surface area contributed by atoms with Gasteiger partial charge in [-0.25, -0.2) is 9.13 Å². The van der Waals surface area contributed by atoms with Crippen molar-refractivity contribution in [3.05, 3.63) is 0 Å². The first-order valence-corrected chi connectivity index (χ1v) is 38.2. The van der Waals surface area contributed by atoms with Crippen LogP contribution in [0.2, 0.25) is 0 Å². The Morgan fingerprint density at radius 3 is 0.816 bits per heavy atom. The molecule has 3 unspecified atom stereocenters. The fourth-order valence-corrected chi connectivity index (χ4v) is 11.7. The first-order valence-electron chi connectivity index (χ1n) is 35.2. The smallest absolute Gasteiger partial charge is 0.462 e. The molecule has 0 saturated carbocycles. The van der Waals surface area contributed by atoms with Crippen molar-refractivity contribution in [2.24, 2.45) is 23.7 Å². The number of hydrogen-bond acceptors (Lipinski definition) is 15. The number of phosphoric acid groups is 2. The molecule has 0 rings (SSSR count). The highest BCUT2D eigenvalue weighted by atomic mass is 31.2. The van der Waals surface area contributed by atoms with Crippen LogP contribution in [0.5, 0.6) is 0 Å². The van der Waals surface area contributed by atoms with Crippen molar-refractivity contribution in [1.29, 1.82) is 0 Å². The van der Waals surface area contributed by atoms with Crippen molar-refractivity contribution in [1.82, 2.24) is 0 Å². The van der Waals surface area contributed by atoms with E-state index in [-0.39, 0.29) is 25.7 Å². The van der Waals surface area contributed by atoms with Gasteiger partial charge in [-0.1, -0.05) is 280 Å². The summed E-state index contributed by atoms with van der Waals surface area (Å²) in [7, 11) is -9.90. The molecule has 0 bridgehead atoms. The lowest BCUT2D eigenvalue weighted by Crippen LogP contribution is -2.30. The number of carbonyl (C=O) groups excluding carboxylic acids is 4. The van der Waals surface area contributed by atoms with E-state index in [1.807, 2.05) is 0 Å². The van der Waals surface area contributed by atoms with E-state index >= 15 is 0 Å². The number of unbranched alkanes of at least 4 members (excludes halogenated alkanes) is 30. The van der Waals surface area contributed by atoms with Gasteiger partial charge in [0.25, 0.3) is 0 Å². The summed E-state index contributed by atoms with van der Waals surface area (Å²) in [6.07, 6.45) is 39.0. The second-order valence-electron chi connectivity index (χ2n) is 26.2. The maximum absolute atomic E-state index is 13.0. The van der Waals surface area contributed by atoms with E-state index < -0.39 is 97.5 Å². The lowest BCUT2D eigenvalue weighted by atomic mass is 9.99. The number of aliphatic hydroxyl groups excluding tert-OH is 1. The number of phosphoric ester groups is 2. The van der Waals surface area contributed by atoms with Crippen molar-refractivity contribution >= 4 is 39.5 Å². The maximum atomic E-state index is 13.0. The Morgan fingerprint density at radius 2 is 0.552 bits per heavy atom. The van der Waals surface area contributed by atoms with Crippen LogP contribution in [0, 0.1) is 23.7 Å². The van der Waals surface area contributed by atoms with Gasteiger partial charge >= 0.3 is 39.5 Å².